The second-order valence-corrected chi connectivity index (χ2v) is 4.85. The molecule has 1 saturated carbocycles. The first-order valence-corrected chi connectivity index (χ1v) is 5.20. The number of halogens is 1. The Morgan fingerprint density at radius 3 is 2.83 bits per heavy atom. The molecule has 3 nitrogen and oxygen atoms in total. The van der Waals surface area contributed by atoms with Gasteiger partial charge < -0.3 is 4.74 Å². The van der Waals surface area contributed by atoms with E-state index in [1.807, 2.05) is 0 Å². The molecule has 66 valence electrons. The van der Waals surface area contributed by atoms with Gasteiger partial charge in [-0.25, -0.2) is 0 Å². The van der Waals surface area contributed by atoms with Gasteiger partial charge >= 0.3 is 5.97 Å². The number of alkyl halides is 1. The molecule has 3 atom stereocenters. The smallest absolute Gasteiger partial charge is 0.320 e. The van der Waals surface area contributed by atoms with Crippen LogP contribution in [0, 0.1) is 5.41 Å². The van der Waals surface area contributed by atoms with Gasteiger partial charge in [-0.2, -0.15) is 0 Å². The second-order valence-electron chi connectivity index (χ2n) is 3.51. The molecule has 0 amide bonds. The van der Waals surface area contributed by atoms with Crippen molar-refractivity contribution in [3.05, 3.63) is 0 Å². The fourth-order valence-electron chi connectivity index (χ4n) is 1.81. The normalized spacial score (nSPS) is 46.2. The molecule has 0 spiro atoms. The van der Waals surface area contributed by atoms with Crippen molar-refractivity contribution in [1.29, 1.82) is 0 Å². The third kappa shape index (κ3) is 0.815. The molecule has 2 bridgehead atoms. The van der Waals surface area contributed by atoms with Crippen LogP contribution in [0.3, 0.4) is 0 Å². The number of hydrogen-bond donors (Lipinski definition) is 0. The van der Waals surface area contributed by atoms with E-state index >= 15 is 0 Å². The molecule has 1 heterocycles. The second kappa shape index (κ2) is 2.43. The van der Waals surface area contributed by atoms with Crippen molar-refractivity contribution in [1.82, 2.24) is 0 Å². The molecular weight excluding hydrogens is 271 g/mol. The Morgan fingerprint density at radius 1 is 1.58 bits per heavy atom. The van der Waals surface area contributed by atoms with E-state index in [1.165, 1.54) is 0 Å². The van der Waals surface area contributed by atoms with Crippen LogP contribution in [0.4, 0.5) is 0 Å². The number of hydrogen-bond acceptors (Lipinski definition) is 3. The number of rotatable bonds is 0. The summed E-state index contributed by atoms with van der Waals surface area (Å²) in [7, 11) is 0. The maximum atomic E-state index is 11.5. The van der Waals surface area contributed by atoms with Crippen LogP contribution in [0.1, 0.15) is 19.8 Å². The first-order chi connectivity index (χ1) is 5.56. The van der Waals surface area contributed by atoms with E-state index in [0.29, 0.717) is 12.8 Å². The highest BCUT2D eigenvalue weighted by Gasteiger charge is 2.60. The first kappa shape index (κ1) is 8.47. The molecule has 0 unspecified atom stereocenters. The number of ketones is 1. The number of carbonyl (C=O) groups is 2. The minimum absolute atomic E-state index is 0.0270. The van der Waals surface area contributed by atoms with Crippen LogP contribution in [0.2, 0.25) is 0 Å². The van der Waals surface area contributed by atoms with Crippen molar-refractivity contribution in [2.45, 2.75) is 29.8 Å². The number of Topliss-reactive ketones (excluding diaryl/α,β-unsaturated/α-hetero) is 1. The van der Waals surface area contributed by atoms with E-state index in [0.717, 1.165) is 0 Å². The van der Waals surface area contributed by atoms with E-state index in [2.05, 4.69) is 22.6 Å². The summed E-state index contributed by atoms with van der Waals surface area (Å²) >= 11 is 2.15. The van der Waals surface area contributed by atoms with Gasteiger partial charge in [0.25, 0.3) is 0 Å². The number of esters is 1. The first-order valence-electron chi connectivity index (χ1n) is 3.95. The summed E-state index contributed by atoms with van der Waals surface area (Å²) in [5.41, 5.74) is -0.844. The van der Waals surface area contributed by atoms with E-state index in [9.17, 15) is 9.59 Å². The zero-order valence-corrected chi connectivity index (χ0v) is 8.83. The minimum Gasteiger partial charge on any atom is -0.460 e. The Balaban J connectivity index is 2.45. The maximum absolute atomic E-state index is 11.5. The highest BCUT2D eigenvalue weighted by Crippen LogP contribution is 2.46. The molecule has 2 rings (SSSR count). The van der Waals surface area contributed by atoms with Crippen LogP contribution in [0.5, 0.6) is 0 Å². The van der Waals surface area contributed by atoms with Crippen LogP contribution < -0.4 is 0 Å². The molecule has 1 saturated heterocycles. The van der Waals surface area contributed by atoms with Gasteiger partial charge in [-0.3, -0.25) is 9.59 Å². The predicted octanol–water partition coefficient (Wildman–Crippen LogP) is 1.08. The average molecular weight is 280 g/mol. The highest BCUT2D eigenvalue weighted by atomic mass is 127. The van der Waals surface area contributed by atoms with E-state index < -0.39 is 5.41 Å². The average Bonchev–Trinajstić information content (AvgIpc) is 2.17. The molecule has 0 radical (unpaired) electrons. The van der Waals surface area contributed by atoms with Crippen molar-refractivity contribution in [3.63, 3.8) is 0 Å². The maximum Gasteiger partial charge on any atom is 0.320 e. The van der Waals surface area contributed by atoms with Crippen LogP contribution >= 0.6 is 22.6 Å². The van der Waals surface area contributed by atoms with E-state index in [-0.39, 0.29) is 21.8 Å². The lowest BCUT2D eigenvalue weighted by Gasteiger charge is -2.27. The zero-order chi connectivity index (χ0) is 8.93. The third-order valence-electron chi connectivity index (χ3n) is 2.80. The lowest BCUT2D eigenvalue weighted by atomic mass is 9.76. The molecule has 0 aromatic rings. The standard InChI is InChI=1S/C8H9IO3/c1-8-5(10)3-2-4(6(8)9)12-7(8)11/h4,6H,2-3H2,1H3/t4-,6+,8+/m1/s1. The summed E-state index contributed by atoms with van der Waals surface area (Å²) in [5, 5.41) is 0. The van der Waals surface area contributed by atoms with Crippen molar-refractivity contribution in [3.8, 4) is 0 Å². The molecule has 2 aliphatic rings. The van der Waals surface area contributed by atoms with Gasteiger partial charge in [0, 0.05) is 6.42 Å². The number of carbonyl (C=O) groups excluding carboxylic acids is 2. The largest absolute Gasteiger partial charge is 0.460 e. The van der Waals surface area contributed by atoms with Gasteiger partial charge in [0.1, 0.15) is 11.5 Å². The van der Waals surface area contributed by atoms with Gasteiger partial charge in [0.15, 0.2) is 5.78 Å². The van der Waals surface area contributed by atoms with Crippen molar-refractivity contribution in [2.75, 3.05) is 0 Å². The van der Waals surface area contributed by atoms with Gasteiger partial charge in [-0.1, -0.05) is 22.6 Å². The number of fused-ring (bicyclic) bond motifs is 2. The Bertz CT molecular complexity index is 253. The third-order valence-corrected chi connectivity index (χ3v) is 4.84. The SMILES string of the molecule is C[C@@]12C(=O)CC[C@@H](OC1=O)[C@@H]2I. The van der Waals surface area contributed by atoms with Gasteiger partial charge in [0.05, 0.1) is 3.92 Å². The zero-order valence-electron chi connectivity index (χ0n) is 6.67. The summed E-state index contributed by atoms with van der Waals surface area (Å²) in [6.07, 6.45) is 1.17. The lowest BCUT2D eigenvalue weighted by molar-refractivity contribution is -0.149. The molecule has 1 aliphatic heterocycles. The molecule has 12 heavy (non-hydrogen) atoms. The Labute approximate surface area is 84.0 Å². The summed E-state index contributed by atoms with van der Waals surface area (Å²) < 4.78 is 5.14. The fourth-order valence-corrected chi connectivity index (χ4v) is 2.92. The lowest BCUT2D eigenvalue weighted by Crippen LogP contribution is -2.43. The number of ether oxygens (including phenoxy) is 1. The predicted molar refractivity (Wildman–Crippen MR) is 50.0 cm³/mol. The molecule has 2 fully saturated rings. The summed E-state index contributed by atoms with van der Waals surface area (Å²) in [4.78, 5) is 22.8. The summed E-state index contributed by atoms with van der Waals surface area (Å²) in [6, 6.07) is 0. The van der Waals surface area contributed by atoms with E-state index in [4.69, 9.17) is 4.74 Å². The molecule has 0 aromatic carbocycles. The Kier molecular flexibility index (Phi) is 1.72. The minimum atomic E-state index is -0.844. The van der Waals surface area contributed by atoms with Crippen LogP contribution in [-0.4, -0.2) is 21.8 Å². The van der Waals surface area contributed by atoms with Gasteiger partial charge in [0.2, 0.25) is 0 Å². The van der Waals surface area contributed by atoms with Crippen molar-refractivity contribution in [2.24, 2.45) is 5.41 Å². The molecule has 1 aliphatic carbocycles. The van der Waals surface area contributed by atoms with Crippen molar-refractivity contribution >= 4 is 34.3 Å². The molecular formula is C8H9IO3. The quantitative estimate of drug-likeness (QED) is 0.289. The van der Waals surface area contributed by atoms with Crippen LogP contribution in [0.15, 0.2) is 0 Å². The topological polar surface area (TPSA) is 43.4 Å². The molecule has 0 aromatic heterocycles. The summed E-state index contributed by atoms with van der Waals surface area (Å²) in [5.74, 6) is -0.282. The fraction of sp³-hybridized carbons (Fsp3) is 0.750. The Hall–Kier alpha value is -0.130. The van der Waals surface area contributed by atoms with Crippen LogP contribution in [0.25, 0.3) is 0 Å². The molecule has 4 heteroatoms. The van der Waals surface area contributed by atoms with E-state index in [1.54, 1.807) is 6.92 Å². The van der Waals surface area contributed by atoms with Gasteiger partial charge in [-0.15, -0.1) is 0 Å². The Morgan fingerprint density at radius 2 is 2.25 bits per heavy atom. The highest BCUT2D eigenvalue weighted by molar-refractivity contribution is 14.1. The van der Waals surface area contributed by atoms with Crippen LogP contribution in [-0.2, 0) is 14.3 Å². The van der Waals surface area contributed by atoms with Gasteiger partial charge in [-0.05, 0) is 13.3 Å². The van der Waals surface area contributed by atoms with Crippen molar-refractivity contribution < 1.29 is 14.3 Å². The monoisotopic (exact) mass is 280 g/mol. The molecule has 0 N–H and O–H groups in total. The summed E-state index contributed by atoms with van der Waals surface area (Å²) in [6.45, 7) is 1.70.